The van der Waals surface area contributed by atoms with Crippen LogP contribution < -0.4 is 0 Å². The maximum atomic E-state index is 2.42. The predicted molar refractivity (Wildman–Crippen MR) is 101 cm³/mol. The van der Waals surface area contributed by atoms with Crippen LogP contribution in [0.15, 0.2) is 47.6 Å². The van der Waals surface area contributed by atoms with Crippen LogP contribution >= 0.6 is 0 Å². The van der Waals surface area contributed by atoms with Crippen LogP contribution in [0.25, 0.3) is 0 Å². The Kier molecular flexibility index (Phi) is 8.89. The Morgan fingerprint density at radius 3 is 2.23 bits per heavy atom. The van der Waals surface area contributed by atoms with Gasteiger partial charge in [-0.05, 0) is 76.3 Å². The van der Waals surface area contributed by atoms with Gasteiger partial charge >= 0.3 is 0 Å². The van der Waals surface area contributed by atoms with E-state index < -0.39 is 0 Å². The normalized spacial score (nSPS) is 13.0. The predicted octanol–water partition coefficient (Wildman–Crippen LogP) is 7.22. The zero-order valence-corrected chi connectivity index (χ0v) is 15.3. The van der Waals surface area contributed by atoms with Gasteiger partial charge in [0.1, 0.15) is 0 Å². The van der Waals surface area contributed by atoms with Crippen molar-refractivity contribution >= 4 is 0 Å². The Morgan fingerprint density at radius 2 is 1.64 bits per heavy atom. The third kappa shape index (κ3) is 7.64. The van der Waals surface area contributed by atoms with E-state index in [-0.39, 0.29) is 0 Å². The highest BCUT2D eigenvalue weighted by molar-refractivity contribution is 5.24. The second-order valence-electron chi connectivity index (χ2n) is 6.83. The van der Waals surface area contributed by atoms with E-state index in [9.17, 15) is 0 Å². The molecule has 122 valence electrons. The summed E-state index contributed by atoms with van der Waals surface area (Å²) < 4.78 is 0. The molecule has 0 radical (unpaired) electrons. The molecule has 0 saturated heterocycles. The van der Waals surface area contributed by atoms with Gasteiger partial charge in [0, 0.05) is 0 Å². The highest BCUT2D eigenvalue weighted by atomic mass is 14.0. The van der Waals surface area contributed by atoms with Crippen LogP contribution in [0.2, 0.25) is 0 Å². The van der Waals surface area contributed by atoms with E-state index in [1.165, 1.54) is 55.2 Å². The summed E-state index contributed by atoms with van der Waals surface area (Å²) in [5.74, 6) is 0.632. The summed E-state index contributed by atoms with van der Waals surface area (Å²) in [5, 5.41) is 0. The van der Waals surface area contributed by atoms with Crippen LogP contribution in [-0.2, 0) is 6.42 Å². The SMILES string of the molecule is CC=C(C)CCC=C(C)CCCCc1ccc(C(C)C)cc1. The molecule has 0 spiro atoms. The van der Waals surface area contributed by atoms with E-state index in [2.05, 4.69) is 71.0 Å². The number of rotatable bonds is 9. The van der Waals surface area contributed by atoms with Crippen molar-refractivity contribution in [3.8, 4) is 0 Å². The van der Waals surface area contributed by atoms with E-state index in [0.717, 1.165) is 0 Å². The summed E-state index contributed by atoms with van der Waals surface area (Å²) >= 11 is 0. The molecule has 0 aliphatic carbocycles. The van der Waals surface area contributed by atoms with Crippen LogP contribution in [0.5, 0.6) is 0 Å². The molecule has 0 aliphatic rings. The van der Waals surface area contributed by atoms with Crippen molar-refractivity contribution in [3.05, 3.63) is 58.7 Å². The molecule has 0 amide bonds. The van der Waals surface area contributed by atoms with Crippen molar-refractivity contribution in [1.82, 2.24) is 0 Å². The van der Waals surface area contributed by atoms with Crippen molar-refractivity contribution < 1.29 is 0 Å². The van der Waals surface area contributed by atoms with Crippen LogP contribution in [0.4, 0.5) is 0 Å². The zero-order valence-electron chi connectivity index (χ0n) is 15.3. The number of unbranched alkanes of at least 4 members (excludes halogenated alkanes) is 1. The molecular formula is C22H34. The van der Waals surface area contributed by atoms with E-state index in [1.807, 2.05) is 0 Å². The second kappa shape index (κ2) is 10.4. The fourth-order valence-corrected chi connectivity index (χ4v) is 2.59. The van der Waals surface area contributed by atoms with Crippen molar-refractivity contribution in [2.75, 3.05) is 0 Å². The van der Waals surface area contributed by atoms with Gasteiger partial charge in [0.05, 0.1) is 0 Å². The maximum Gasteiger partial charge on any atom is -0.0219 e. The summed E-state index contributed by atoms with van der Waals surface area (Å²) in [7, 11) is 0. The molecule has 22 heavy (non-hydrogen) atoms. The van der Waals surface area contributed by atoms with Gasteiger partial charge in [-0.1, -0.05) is 61.4 Å². The molecule has 0 saturated carbocycles. The molecule has 0 aliphatic heterocycles. The standard InChI is InChI=1S/C22H34/c1-6-19(4)11-9-12-20(5)10-7-8-13-21-14-16-22(17-15-21)18(2)3/h6,12,14-18H,7-11,13H2,1-5H3. The van der Waals surface area contributed by atoms with Crippen LogP contribution in [0, 0.1) is 0 Å². The maximum absolute atomic E-state index is 2.42. The lowest BCUT2D eigenvalue weighted by Gasteiger charge is -2.07. The van der Waals surface area contributed by atoms with E-state index in [1.54, 1.807) is 5.57 Å². The molecule has 0 fully saturated rings. The number of hydrogen-bond donors (Lipinski definition) is 0. The lowest BCUT2D eigenvalue weighted by Crippen LogP contribution is -1.90. The summed E-state index contributed by atoms with van der Waals surface area (Å²) in [6, 6.07) is 9.18. The largest absolute Gasteiger partial charge is 0.0887 e. The Labute approximate surface area is 138 Å². The average Bonchev–Trinajstić information content (AvgIpc) is 2.51. The summed E-state index contributed by atoms with van der Waals surface area (Å²) in [5.41, 5.74) is 5.97. The van der Waals surface area contributed by atoms with E-state index in [4.69, 9.17) is 0 Å². The van der Waals surface area contributed by atoms with Crippen LogP contribution in [-0.4, -0.2) is 0 Å². The van der Waals surface area contributed by atoms with Gasteiger partial charge < -0.3 is 0 Å². The molecule has 1 aromatic rings. The number of aryl methyl sites for hydroxylation is 1. The van der Waals surface area contributed by atoms with Crippen LogP contribution in [0.1, 0.15) is 83.8 Å². The van der Waals surface area contributed by atoms with Gasteiger partial charge in [0.2, 0.25) is 0 Å². The first-order valence-corrected chi connectivity index (χ1v) is 8.89. The molecule has 1 aromatic carbocycles. The number of hydrogen-bond acceptors (Lipinski definition) is 0. The summed E-state index contributed by atoms with van der Waals surface area (Å²) in [6.45, 7) is 11.1. The molecule has 0 unspecified atom stereocenters. The minimum absolute atomic E-state index is 0.632. The fourth-order valence-electron chi connectivity index (χ4n) is 2.59. The molecule has 1 rings (SSSR count). The molecular weight excluding hydrogens is 264 g/mol. The van der Waals surface area contributed by atoms with Crippen molar-refractivity contribution in [3.63, 3.8) is 0 Å². The first-order valence-electron chi connectivity index (χ1n) is 8.89. The van der Waals surface area contributed by atoms with E-state index in [0.29, 0.717) is 5.92 Å². The Balaban J connectivity index is 2.22. The zero-order chi connectivity index (χ0) is 16.4. The third-order valence-corrected chi connectivity index (χ3v) is 4.46. The Morgan fingerprint density at radius 1 is 0.955 bits per heavy atom. The Hall–Kier alpha value is -1.30. The van der Waals surface area contributed by atoms with Gasteiger partial charge in [-0.25, -0.2) is 0 Å². The van der Waals surface area contributed by atoms with E-state index >= 15 is 0 Å². The van der Waals surface area contributed by atoms with Gasteiger partial charge in [0.15, 0.2) is 0 Å². The minimum atomic E-state index is 0.632. The van der Waals surface area contributed by atoms with Gasteiger partial charge in [-0.2, -0.15) is 0 Å². The highest BCUT2D eigenvalue weighted by Crippen LogP contribution is 2.17. The number of benzene rings is 1. The second-order valence-corrected chi connectivity index (χ2v) is 6.83. The molecule has 0 heteroatoms. The first-order chi connectivity index (χ1) is 10.5. The molecule has 0 aromatic heterocycles. The first kappa shape index (κ1) is 18.7. The summed E-state index contributed by atoms with van der Waals surface area (Å²) in [4.78, 5) is 0. The van der Waals surface area contributed by atoms with Gasteiger partial charge in [-0.15, -0.1) is 0 Å². The molecule has 0 N–H and O–H groups in total. The smallest absolute Gasteiger partial charge is 0.0219 e. The average molecular weight is 299 g/mol. The quantitative estimate of drug-likeness (QED) is 0.333. The lowest BCUT2D eigenvalue weighted by atomic mass is 9.99. The Bertz CT molecular complexity index is 471. The topological polar surface area (TPSA) is 0 Å². The van der Waals surface area contributed by atoms with Gasteiger partial charge in [0.25, 0.3) is 0 Å². The third-order valence-electron chi connectivity index (χ3n) is 4.46. The fraction of sp³-hybridized carbons (Fsp3) is 0.545. The minimum Gasteiger partial charge on any atom is -0.0887 e. The molecule has 0 heterocycles. The van der Waals surface area contributed by atoms with Crippen LogP contribution in [0.3, 0.4) is 0 Å². The monoisotopic (exact) mass is 298 g/mol. The highest BCUT2D eigenvalue weighted by Gasteiger charge is 1.99. The molecule has 0 nitrogen and oxygen atoms in total. The number of allylic oxidation sites excluding steroid dienone is 4. The summed E-state index contributed by atoms with van der Waals surface area (Å²) in [6.07, 6.45) is 12.1. The molecule has 0 atom stereocenters. The van der Waals surface area contributed by atoms with Crippen molar-refractivity contribution in [2.24, 2.45) is 0 Å². The van der Waals surface area contributed by atoms with Gasteiger partial charge in [-0.3, -0.25) is 0 Å². The van der Waals surface area contributed by atoms with Crippen molar-refractivity contribution in [1.29, 1.82) is 0 Å². The van der Waals surface area contributed by atoms with Crippen molar-refractivity contribution in [2.45, 2.75) is 79.1 Å². The lowest BCUT2D eigenvalue weighted by molar-refractivity contribution is 0.726. The molecule has 0 bridgehead atoms.